The number of nitrogens with zero attached hydrogens (tertiary/aromatic N) is 2. The van der Waals surface area contributed by atoms with Crippen molar-refractivity contribution in [1.29, 1.82) is 0 Å². The standard InChI is InChI=1S/C18H21N3O/c1-2-4-16(5-3-1)22-17-10-15(11-20-12-17)21-9-7-18(14-21)6-8-19-13-18/h1-5,10-12,19H,6-9,13-14H2. The van der Waals surface area contributed by atoms with E-state index in [0.29, 0.717) is 5.41 Å². The predicted molar refractivity (Wildman–Crippen MR) is 87.5 cm³/mol. The lowest BCUT2D eigenvalue weighted by Crippen LogP contribution is -2.29. The van der Waals surface area contributed by atoms with E-state index in [4.69, 9.17) is 4.74 Å². The third-order valence-corrected chi connectivity index (χ3v) is 4.81. The average molecular weight is 295 g/mol. The van der Waals surface area contributed by atoms with Crippen LogP contribution in [0.1, 0.15) is 12.8 Å². The third kappa shape index (κ3) is 2.66. The topological polar surface area (TPSA) is 37.4 Å². The Bertz CT molecular complexity index is 638. The van der Waals surface area contributed by atoms with Crippen LogP contribution in [-0.2, 0) is 0 Å². The van der Waals surface area contributed by atoms with Gasteiger partial charge in [-0.25, -0.2) is 0 Å². The quantitative estimate of drug-likeness (QED) is 0.944. The first-order chi connectivity index (χ1) is 10.8. The van der Waals surface area contributed by atoms with Crippen LogP contribution in [0.15, 0.2) is 48.8 Å². The zero-order valence-corrected chi connectivity index (χ0v) is 12.7. The van der Waals surface area contributed by atoms with Crippen molar-refractivity contribution in [3.8, 4) is 11.5 Å². The van der Waals surface area contributed by atoms with Crippen molar-refractivity contribution < 1.29 is 4.74 Å². The van der Waals surface area contributed by atoms with E-state index in [1.54, 1.807) is 6.20 Å². The van der Waals surface area contributed by atoms with Crippen molar-refractivity contribution in [2.45, 2.75) is 12.8 Å². The Kier molecular flexibility index (Phi) is 3.47. The number of para-hydroxylation sites is 1. The van der Waals surface area contributed by atoms with Gasteiger partial charge in [0.1, 0.15) is 11.5 Å². The SMILES string of the molecule is c1ccc(Oc2cncc(N3CCC4(CCNC4)C3)c2)cc1. The van der Waals surface area contributed by atoms with Crippen LogP contribution in [-0.4, -0.2) is 31.2 Å². The molecule has 1 atom stereocenters. The molecule has 2 fully saturated rings. The lowest BCUT2D eigenvalue weighted by molar-refractivity contribution is 0.369. The van der Waals surface area contributed by atoms with Gasteiger partial charge in [0.2, 0.25) is 0 Å². The average Bonchev–Trinajstić information content (AvgIpc) is 3.19. The van der Waals surface area contributed by atoms with Gasteiger partial charge in [0.15, 0.2) is 0 Å². The summed E-state index contributed by atoms with van der Waals surface area (Å²) in [6.07, 6.45) is 6.28. The van der Waals surface area contributed by atoms with Gasteiger partial charge in [-0.1, -0.05) is 18.2 Å². The molecule has 1 spiro atoms. The van der Waals surface area contributed by atoms with Crippen molar-refractivity contribution in [2.24, 2.45) is 5.41 Å². The summed E-state index contributed by atoms with van der Waals surface area (Å²) in [6.45, 7) is 4.54. The first-order valence-corrected chi connectivity index (χ1v) is 7.97. The molecule has 3 heterocycles. The molecule has 0 radical (unpaired) electrons. The van der Waals surface area contributed by atoms with Crippen LogP contribution < -0.4 is 15.0 Å². The van der Waals surface area contributed by atoms with Crippen LogP contribution in [0, 0.1) is 5.41 Å². The molecular formula is C18H21N3O. The minimum Gasteiger partial charge on any atom is -0.456 e. The number of pyridine rings is 1. The fourth-order valence-electron chi connectivity index (χ4n) is 3.56. The van der Waals surface area contributed by atoms with Crippen molar-refractivity contribution in [2.75, 3.05) is 31.1 Å². The van der Waals surface area contributed by atoms with E-state index in [1.807, 2.05) is 36.5 Å². The number of anilines is 1. The number of aromatic nitrogens is 1. The third-order valence-electron chi connectivity index (χ3n) is 4.81. The van der Waals surface area contributed by atoms with E-state index in [0.717, 1.165) is 43.4 Å². The molecule has 1 aromatic heterocycles. The summed E-state index contributed by atoms with van der Waals surface area (Å²) in [7, 11) is 0. The number of ether oxygens (including phenoxy) is 1. The second-order valence-corrected chi connectivity index (χ2v) is 6.39. The normalized spacial score (nSPS) is 24.1. The molecule has 4 heteroatoms. The van der Waals surface area contributed by atoms with Gasteiger partial charge in [0.25, 0.3) is 0 Å². The molecule has 4 rings (SSSR count). The van der Waals surface area contributed by atoms with Crippen molar-refractivity contribution in [1.82, 2.24) is 10.3 Å². The Balaban J connectivity index is 1.50. The Hall–Kier alpha value is -2.07. The van der Waals surface area contributed by atoms with E-state index >= 15 is 0 Å². The highest BCUT2D eigenvalue weighted by atomic mass is 16.5. The summed E-state index contributed by atoms with van der Waals surface area (Å²) in [5.74, 6) is 1.65. The first-order valence-electron chi connectivity index (χ1n) is 7.97. The first kappa shape index (κ1) is 13.6. The van der Waals surface area contributed by atoms with Crippen LogP contribution in [0.2, 0.25) is 0 Å². The summed E-state index contributed by atoms with van der Waals surface area (Å²) in [5.41, 5.74) is 1.63. The van der Waals surface area contributed by atoms with E-state index < -0.39 is 0 Å². The molecule has 0 saturated carbocycles. The fraction of sp³-hybridized carbons (Fsp3) is 0.389. The molecule has 1 unspecified atom stereocenters. The van der Waals surface area contributed by atoms with Crippen LogP contribution in [0.25, 0.3) is 0 Å². The number of hydrogen-bond acceptors (Lipinski definition) is 4. The number of rotatable bonds is 3. The molecular weight excluding hydrogens is 274 g/mol. The molecule has 2 aliphatic rings. The van der Waals surface area contributed by atoms with Crippen LogP contribution >= 0.6 is 0 Å². The van der Waals surface area contributed by atoms with E-state index in [-0.39, 0.29) is 0 Å². The fourth-order valence-corrected chi connectivity index (χ4v) is 3.56. The maximum atomic E-state index is 5.89. The van der Waals surface area contributed by atoms with Crippen molar-refractivity contribution >= 4 is 5.69 Å². The highest BCUT2D eigenvalue weighted by Crippen LogP contribution is 2.38. The number of hydrogen-bond donors (Lipinski definition) is 1. The van der Waals surface area contributed by atoms with Gasteiger partial charge in [-0.15, -0.1) is 0 Å². The molecule has 2 aliphatic heterocycles. The molecule has 0 bridgehead atoms. The number of nitrogens with one attached hydrogen (secondary N) is 1. The molecule has 0 amide bonds. The molecule has 1 N–H and O–H groups in total. The molecule has 114 valence electrons. The van der Waals surface area contributed by atoms with E-state index in [2.05, 4.69) is 21.3 Å². The van der Waals surface area contributed by atoms with Crippen molar-refractivity contribution in [3.05, 3.63) is 48.8 Å². The molecule has 2 saturated heterocycles. The Labute approximate surface area is 131 Å². The Morgan fingerprint density at radius 2 is 2.00 bits per heavy atom. The van der Waals surface area contributed by atoms with Gasteiger partial charge in [0, 0.05) is 31.1 Å². The molecule has 22 heavy (non-hydrogen) atoms. The Morgan fingerprint density at radius 3 is 2.82 bits per heavy atom. The summed E-state index contributed by atoms with van der Waals surface area (Å²) in [6, 6.07) is 12.0. The van der Waals surface area contributed by atoms with Gasteiger partial charge in [-0.05, 0) is 31.5 Å². The lowest BCUT2D eigenvalue weighted by Gasteiger charge is -2.24. The smallest absolute Gasteiger partial charge is 0.147 e. The van der Waals surface area contributed by atoms with Crippen molar-refractivity contribution in [3.63, 3.8) is 0 Å². The minimum absolute atomic E-state index is 0.469. The van der Waals surface area contributed by atoms with Crippen LogP contribution in [0.4, 0.5) is 5.69 Å². The minimum atomic E-state index is 0.469. The largest absolute Gasteiger partial charge is 0.456 e. The highest BCUT2D eigenvalue weighted by Gasteiger charge is 2.40. The summed E-state index contributed by atoms with van der Waals surface area (Å²) >= 11 is 0. The summed E-state index contributed by atoms with van der Waals surface area (Å²) < 4.78 is 5.89. The van der Waals surface area contributed by atoms with Gasteiger partial charge in [-0.2, -0.15) is 0 Å². The molecule has 1 aromatic carbocycles. The van der Waals surface area contributed by atoms with Gasteiger partial charge < -0.3 is 15.0 Å². The lowest BCUT2D eigenvalue weighted by atomic mass is 9.86. The maximum Gasteiger partial charge on any atom is 0.147 e. The van der Waals surface area contributed by atoms with E-state index in [9.17, 15) is 0 Å². The second kappa shape index (κ2) is 5.61. The molecule has 2 aromatic rings. The van der Waals surface area contributed by atoms with Gasteiger partial charge in [-0.3, -0.25) is 4.98 Å². The zero-order valence-electron chi connectivity index (χ0n) is 12.7. The van der Waals surface area contributed by atoms with Crippen LogP contribution in [0.5, 0.6) is 11.5 Å². The maximum absolute atomic E-state index is 5.89. The summed E-state index contributed by atoms with van der Waals surface area (Å²) in [4.78, 5) is 6.80. The Morgan fingerprint density at radius 1 is 1.09 bits per heavy atom. The van der Waals surface area contributed by atoms with E-state index in [1.165, 1.54) is 12.8 Å². The molecule has 4 nitrogen and oxygen atoms in total. The molecule has 0 aliphatic carbocycles. The predicted octanol–water partition coefficient (Wildman–Crippen LogP) is 3.06. The monoisotopic (exact) mass is 295 g/mol. The second-order valence-electron chi connectivity index (χ2n) is 6.39. The van der Waals surface area contributed by atoms with Gasteiger partial charge >= 0.3 is 0 Å². The van der Waals surface area contributed by atoms with Gasteiger partial charge in [0.05, 0.1) is 18.1 Å². The summed E-state index contributed by atoms with van der Waals surface area (Å²) in [5, 5.41) is 3.50. The van der Waals surface area contributed by atoms with Crippen LogP contribution in [0.3, 0.4) is 0 Å². The number of benzene rings is 1. The zero-order chi connectivity index (χ0) is 14.8. The highest BCUT2D eigenvalue weighted by molar-refractivity contribution is 5.50.